The van der Waals surface area contributed by atoms with Crippen LogP contribution in [-0.2, 0) is 4.74 Å². The summed E-state index contributed by atoms with van der Waals surface area (Å²) in [4.78, 5) is 0. The van der Waals surface area contributed by atoms with Crippen LogP contribution in [0.3, 0.4) is 0 Å². The van der Waals surface area contributed by atoms with E-state index in [0.29, 0.717) is 12.1 Å². The molecule has 1 aromatic rings. The van der Waals surface area contributed by atoms with Gasteiger partial charge in [-0.1, -0.05) is 12.1 Å². The summed E-state index contributed by atoms with van der Waals surface area (Å²) in [7, 11) is 1.71. The normalized spacial score (nSPS) is 20.4. The van der Waals surface area contributed by atoms with Crippen molar-refractivity contribution in [1.82, 2.24) is 5.32 Å². The minimum atomic E-state index is 0.361. The van der Waals surface area contributed by atoms with Gasteiger partial charge in [-0.05, 0) is 56.8 Å². The molecule has 1 saturated heterocycles. The van der Waals surface area contributed by atoms with Crippen molar-refractivity contribution in [1.29, 1.82) is 0 Å². The SMILES string of the molecule is COc1cccc([C@@H](C)NCCCC2CCCO2)c1. The minimum absolute atomic E-state index is 0.361. The van der Waals surface area contributed by atoms with E-state index in [4.69, 9.17) is 9.47 Å². The first-order chi connectivity index (χ1) is 9.29. The maximum Gasteiger partial charge on any atom is 0.119 e. The monoisotopic (exact) mass is 263 g/mol. The number of hydrogen-bond donors (Lipinski definition) is 1. The molecule has 0 radical (unpaired) electrons. The third-order valence-electron chi connectivity index (χ3n) is 3.77. The van der Waals surface area contributed by atoms with Gasteiger partial charge in [0.05, 0.1) is 13.2 Å². The van der Waals surface area contributed by atoms with Crippen LogP contribution in [0.25, 0.3) is 0 Å². The predicted octanol–water partition coefficient (Wildman–Crippen LogP) is 3.31. The summed E-state index contributed by atoms with van der Waals surface area (Å²) in [6.07, 6.45) is 5.34. The summed E-state index contributed by atoms with van der Waals surface area (Å²) in [6, 6.07) is 8.62. The van der Waals surface area contributed by atoms with Crippen LogP contribution in [0.5, 0.6) is 5.75 Å². The Morgan fingerprint density at radius 2 is 2.37 bits per heavy atom. The standard InChI is InChI=1S/C16H25NO2/c1-13(14-6-3-7-16(12-14)18-2)17-10-4-8-15-9-5-11-19-15/h3,6-7,12-13,15,17H,4-5,8-11H2,1-2H3/t13-,15?/m1/s1. The highest BCUT2D eigenvalue weighted by atomic mass is 16.5. The maximum atomic E-state index is 5.63. The van der Waals surface area contributed by atoms with Gasteiger partial charge in [-0.3, -0.25) is 0 Å². The number of hydrogen-bond acceptors (Lipinski definition) is 3. The molecule has 0 spiro atoms. The summed E-state index contributed by atoms with van der Waals surface area (Å²) in [5.74, 6) is 0.922. The van der Waals surface area contributed by atoms with Crippen molar-refractivity contribution in [2.75, 3.05) is 20.3 Å². The lowest BCUT2D eigenvalue weighted by Crippen LogP contribution is -2.21. The molecule has 106 valence electrons. The number of methoxy groups -OCH3 is 1. The average Bonchev–Trinajstić information content (AvgIpc) is 2.96. The van der Waals surface area contributed by atoms with Crippen LogP contribution in [-0.4, -0.2) is 26.4 Å². The number of nitrogens with one attached hydrogen (secondary N) is 1. The number of ether oxygens (including phenoxy) is 2. The Kier molecular flexibility index (Phi) is 5.67. The van der Waals surface area contributed by atoms with Gasteiger partial charge in [-0.15, -0.1) is 0 Å². The van der Waals surface area contributed by atoms with E-state index in [1.54, 1.807) is 7.11 Å². The van der Waals surface area contributed by atoms with Gasteiger partial charge in [0, 0.05) is 12.6 Å². The lowest BCUT2D eigenvalue weighted by molar-refractivity contribution is 0.102. The van der Waals surface area contributed by atoms with Gasteiger partial charge in [0.1, 0.15) is 5.75 Å². The van der Waals surface area contributed by atoms with Crippen LogP contribution in [0, 0.1) is 0 Å². The largest absolute Gasteiger partial charge is 0.497 e. The molecule has 1 aliphatic rings. The zero-order valence-corrected chi connectivity index (χ0v) is 12.0. The fourth-order valence-electron chi connectivity index (χ4n) is 2.55. The molecule has 0 saturated carbocycles. The Hall–Kier alpha value is -1.06. The van der Waals surface area contributed by atoms with Crippen LogP contribution in [0.15, 0.2) is 24.3 Å². The molecule has 3 nitrogen and oxygen atoms in total. The minimum Gasteiger partial charge on any atom is -0.497 e. The Labute approximate surface area is 116 Å². The molecule has 3 heteroatoms. The molecular formula is C16H25NO2. The van der Waals surface area contributed by atoms with E-state index >= 15 is 0 Å². The quantitative estimate of drug-likeness (QED) is 0.766. The van der Waals surface area contributed by atoms with Crippen LogP contribution < -0.4 is 10.1 Å². The summed E-state index contributed by atoms with van der Waals surface area (Å²) in [5, 5.41) is 3.56. The Balaban J connectivity index is 1.69. The second-order valence-electron chi connectivity index (χ2n) is 5.23. The van der Waals surface area contributed by atoms with Crippen molar-refractivity contribution in [3.8, 4) is 5.75 Å². The Morgan fingerprint density at radius 3 is 3.11 bits per heavy atom. The van der Waals surface area contributed by atoms with Crippen molar-refractivity contribution < 1.29 is 9.47 Å². The predicted molar refractivity (Wildman–Crippen MR) is 77.6 cm³/mol. The average molecular weight is 263 g/mol. The van der Waals surface area contributed by atoms with Crippen LogP contribution in [0.4, 0.5) is 0 Å². The Morgan fingerprint density at radius 1 is 1.47 bits per heavy atom. The first kappa shape index (κ1) is 14.4. The van der Waals surface area contributed by atoms with E-state index < -0.39 is 0 Å². The van der Waals surface area contributed by atoms with E-state index in [9.17, 15) is 0 Å². The molecule has 1 N–H and O–H groups in total. The topological polar surface area (TPSA) is 30.5 Å². The maximum absolute atomic E-state index is 5.63. The van der Waals surface area contributed by atoms with E-state index in [1.165, 1.54) is 31.2 Å². The van der Waals surface area contributed by atoms with Crippen molar-refractivity contribution in [2.24, 2.45) is 0 Å². The van der Waals surface area contributed by atoms with Crippen LogP contribution >= 0.6 is 0 Å². The van der Waals surface area contributed by atoms with Gasteiger partial charge in [0.25, 0.3) is 0 Å². The highest BCUT2D eigenvalue weighted by molar-refractivity contribution is 5.30. The fourth-order valence-corrected chi connectivity index (χ4v) is 2.55. The lowest BCUT2D eigenvalue weighted by Gasteiger charge is -2.16. The molecule has 1 fully saturated rings. The van der Waals surface area contributed by atoms with Gasteiger partial charge in [-0.25, -0.2) is 0 Å². The van der Waals surface area contributed by atoms with Crippen LogP contribution in [0.2, 0.25) is 0 Å². The van der Waals surface area contributed by atoms with E-state index in [-0.39, 0.29) is 0 Å². The van der Waals surface area contributed by atoms with Crippen LogP contribution in [0.1, 0.15) is 44.2 Å². The molecule has 2 rings (SSSR count). The Bertz CT molecular complexity index is 375. The molecule has 0 aliphatic carbocycles. The fraction of sp³-hybridized carbons (Fsp3) is 0.625. The molecule has 1 aliphatic heterocycles. The van der Waals surface area contributed by atoms with Gasteiger partial charge >= 0.3 is 0 Å². The summed E-state index contributed by atoms with van der Waals surface area (Å²) in [6.45, 7) is 4.19. The van der Waals surface area contributed by atoms with Gasteiger partial charge in [0.15, 0.2) is 0 Å². The molecule has 0 bridgehead atoms. The first-order valence-corrected chi connectivity index (χ1v) is 7.28. The molecule has 2 atom stereocenters. The second kappa shape index (κ2) is 7.51. The van der Waals surface area contributed by atoms with Gasteiger partial charge in [-0.2, -0.15) is 0 Å². The van der Waals surface area contributed by atoms with Crippen molar-refractivity contribution in [3.05, 3.63) is 29.8 Å². The lowest BCUT2D eigenvalue weighted by atomic mass is 10.1. The zero-order valence-electron chi connectivity index (χ0n) is 12.0. The molecular weight excluding hydrogens is 238 g/mol. The van der Waals surface area contributed by atoms with Crippen molar-refractivity contribution in [3.63, 3.8) is 0 Å². The second-order valence-corrected chi connectivity index (χ2v) is 5.23. The summed E-state index contributed by atoms with van der Waals surface area (Å²) < 4.78 is 10.9. The van der Waals surface area contributed by atoms with Gasteiger partial charge < -0.3 is 14.8 Å². The number of rotatable bonds is 7. The summed E-state index contributed by atoms with van der Waals surface area (Å²) in [5.41, 5.74) is 1.27. The first-order valence-electron chi connectivity index (χ1n) is 7.28. The molecule has 1 aromatic carbocycles. The smallest absolute Gasteiger partial charge is 0.119 e. The zero-order chi connectivity index (χ0) is 13.5. The molecule has 1 heterocycles. The van der Waals surface area contributed by atoms with E-state index in [1.807, 2.05) is 12.1 Å². The van der Waals surface area contributed by atoms with Crippen molar-refractivity contribution >= 4 is 0 Å². The van der Waals surface area contributed by atoms with Crippen molar-refractivity contribution in [2.45, 2.75) is 44.8 Å². The molecule has 0 aromatic heterocycles. The highest BCUT2D eigenvalue weighted by Gasteiger charge is 2.14. The number of benzene rings is 1. The van der Waals surface area contributed by atoms with E-state index in [2.05, 4.69) is 24.4 Å². The molecule has 1 unspecified atom stereocenters. The van der Waals surface area contributed by atoms with Gasteiger partial charge in [0.2, 0.25) is 0 Å². The molecule has 0 amide bonds. The molecule has 19 heavy (non-hydrogen) atoms. The summed E-state index contributed by atoms with van der Waals surface area (Å²) >= 11 is 0. The highest BCUT2D eigenvalue weighted by Crippen LogP contribution is 2.19. The third kappa shape index (κ3) is 4.51. The van der Waals surface area contributed by atoms with E-state index in [0.717, 1.165) is 18.9 Å². The third-order valence-corrected chi connectivity index (χ3v) is 3.77.